The van der Waals surface area contributed by atoms with Crippen LogP contribution in [0.1, 0.15) is 29.8 Å². The van der Waals surface area contributed by atoms with Crippen molar-refractivity contribution in [3.8, 4) is 0 Å². The number of anilines is 2. The number of aromatic nitrogens is 1. The topological polar surface area (TPSA) is 62.3 Å². The number of carbonyl (C=O) groups excluding carboxylic acids is 2. The van der Waals surface area contributed by atoms with Crippen LogP contribution in [0.15, 0.2) is 29.2 Å². The molecule has 0 bridgehead atoms. The van der Waals surface area contributed by atoms with E-state index in [0.29, 0.717) is 18.0 Å². The summed E-state index contributed by atoms with van der Waals surface area (Å²) in [5.41, 5.74) is 1.97. The van der Waals surface area contributed by atoms with Gasteiger partial charge < -0.3 is 0 Å². The van der Waals surface area contributed by atoms with Gasteiger partial charge in [-0.05, 0) is 37.8 Å². The second-order valence-electron chi connectivity index (χ2n) is 6.28. The number of fused-ring (bicyclic) bond motifs is 4. The number of nitrogens with zero attached hydrogens (tertiary/aromatic N) is 2. The number of carbonyl (C=O) groups is 2. The lowest BCUT2D eigenvalue weighted by Gasteiger charge is -2.29. The number of hydrogen-bond acceptors (Lipinski definition) is 5. The van der Waals surface area contributed by atoms with Gasteiger partial charge in [-0.15, -0.1) is 11.3 Å². The molecule has 122 valence electrons. The summed E-state index contributed by atoms with van der Waals surface area (Å²) < 4.78 is 0. The van der Waals surface area contributed by atoms with Gasteiger partial charge in [-0.2, -0.15) is 0 Å². The fourth-order valence-electron chi connectivity index (χ4n) is 3.74. The molecule has 1 atom stereocenters. The third-order valence-electron chi connectivity index (χ3n) is 4.84. The van der Waals surface area contributed by atoms with Gasteiger partial charge in [0, 0.05) is 16.2 Å². The van der Waals surface area contributed by atoms with Gasteiger partial charge in [-0.1, -0.05) is 23.9 Å². The quantitative estimate of drug-likeness (QED) is 0.897. The molecule has 3 aliphatic rings. The predicted molar refractivity (Wildman–Crippen MR) is 94.5 cm³/mol. The molecule has 7 heteroatoms. The smallest absolute Gasteiger partial charge is 0.263 e. The molecule has 0 spiro atoms. The summed E-state index contributed by atoms with van der Waals surface area (Å²) >= 11 is 3.05. The van der Waals surface area contributed by atoms with Gasteiger partial charge >= 0.3 is 0 Å². The Morgan fingerprint density at radius 2 is 2.12 bits per heavy atom. The van der Waals surface area contributed by atoms with Gasteiger partial charge in [-0.3, -0.25) is 19.8 Å². The Morgan fingerprint density at radius 1 is 1.25 bits per heavy atom. The Morgan fingerprint density at radius 3 is 3.00 bits per heavy atom. The van der Waals surface area contributed by atoms with Crippen LogP contribution in [0.3, 0.4) is 0 Å². The highest BCUT2D eigenvalue weighted by atomic mass is 32.2. The first-order chi connectivity index (χ1) is 11.7. The second kappa shape index (κ2) is 5.07. The van der Waals surface area contributed by atoms with Crippen molar-refractivity contribution in [2.24, 2.45) is 0 Å². The molecule has 2 aliphatic heterocycles. The molecule has 0 radical (unpaired) electrons. The van der Waals surface area contributed by atoms with Crippen molar-refractivity contribution in [3.05, 3.63) is 34.8 Å². The molecule has 1 aliphatic carbocycles. The van der Waals surface area contributed by atoms with Crippen LogP contribution in [0.4, 0.5) is 10.8 Å². The maximum atomic E-state index is 13.1. The fraction of sp³-hybridized carbons (Fsp3) is 0.353. The van der Waals surface area contributed by atoms with E-state index in [1.807, 2.05) is 24.3 Å². The largest absolute Gasteiger partial charge is 0.299 e. The summed E-state index contributed by atoms with van der Waals surface area (Å²) in [7, 11) is 0. The zero-order valence-corrected chi connectivity index (χ0v) is 14.5. The van der Waals surface area contributed by atoms with Crippen molar-refractivity contribution in [2.45, 2.75) is 41.9 Å². The third-order valence-corrected chi connectivity index (χ3v) is 7.39. The number of para-hydroxylation sites is 1. The lowest BCUT2D eigenvalue weighted by atomic mass is 10.2. The Hall–Kier alpha value is -1.86. The molecule has 1 aromatic carbocycles. The normalized spacial score (nSPS) is 24.0. The maximum absolute atomic E-state index is 13.1. The molecule has 1 saturated heterocycles. The fourth-order valence-corrected chi connectivity index (χ4v) is 6.20. The van der Waals surface area contributed by atoms with Crippen molar-refractivity contribution in [1.29, 1.82) is 0 Å². The van der Waals surface area contributed by atoms with Crippen molar-refractivity contribution in [2.75, 3.05) is 10.2 Å². The lowest BCUT2D eigenvalue weighted by Crippen LogP contribution is -2.49. The lowest BCUT2D eigenvalue weighted by molar-refractivity contribution is -0.121. The molecule has 0 unspecified atom stereocenters. The van der Waals surface area contributed by atoms with E-state index in [-0.39, 0.29) is 11.8 Å². The highest BCUT2D eigenvalue weighted by Gasteiger charge is 2.57. The Balaban J connectivity index is 1.48. The van der Waals surface area contributed by atoms with E-state index in [9.17, 15) is 9.59 Å². The van der Waals surface area contributed by atoms with E-state index < -0.39 is 4.87 Å². The number of amides is 2. The number of nitrogens with one attached hydrogen (secondary N) is 1. The summed E-state index contributed by atoms with van der Waals surface area (Å²) in [5, 5.41) is 3.65. The van der Waals surface area contributed by atoms with Gasteiger partial charge in [0.25, 0.3) is 5.91 Å². The number of thiazole rings is 1. The van der Waals surface area contributed by atoms with Gasteiger partial charge in [0.2, 0.25) is 5.91 Å². The van der Waals surface area contributed by atoms with Crippen LogP contribution in [-0.4, -0.2) is 21.7 Å². The number of rotatable bonds is 2. The summed E-state index contributed by atoms with van der Waals surface area (Å²) in [6, 6.07) is 7.73. The van der Waals surface area contributed by atoms with Crippen molar-refractivity contribution >= 4 is 45.7 Å². The standard InChI is InChI=1S/C17H15N3O2S2/c21-14-8-9-17(20(14)11-5-1-2-6-13(11)24-17)15(22)19-16-18-10-4-3-7-12(10)23-16/h1-2,5-6H,3-4,7-9H2,(H,18,19,22)/t17-/m0/s1. The monoisotopic (exact) mass is 357 g/mol. The van der Waals surface area contributed by atoms with Crippen LogP contribution in [0.2, 0.25) is 0 Å². The minimum Gasteiger partial charge on any atom is -0.299 e. The number of thioether (sulfide) groups is 1. The molecule has 5 nitrogen and oxygen atoms in total. The number of aryl methyl sites for hydroxylation is 2. The number of benzene rings is 1. The van der Waals surface area contributed by atoms with Gasteiger partial charge in [0.1, 0.15) is 0 Å². The summed E-state index contributed by atoms with van der Waals surface area (Å²) in [5.74, 6) is -0.119. The van der Waals surface area contributed by atoms with Crippen molar-refractivity contribution in [1.82, 2.24) is 4.98 Å². The van der Waals surface area contributed by atoms with E-state index in [1.54, 1.807) is 16.2 Å². The minimum absolute atomic E-state index is 0.0178. The van der Waals surface area contributed by atoms with E-state index in [4.69, 9.17) is 0 Å². The summed E-state index contributed by atoms with van der Waals surface area (Å²) in [6.07, 6.45) is 4.14. The highest BCUT2D eigenvalue weighted by Crippen LogP contribution is 2.56. The summed E-state index contributed by atoms with van der Waals surface area (Å²) in [4.78, 5) is 33.2. The molecule has 1 N–H and O–H groups in total. The SMILES string of the molecule is O=C1CC[C@@]2(C(=O)Nc3nc4c(s3)CCC4)Sc3ccccc3N12. The molecule has 3 heterocycles. The predicted octanol–water partition coefficient (Wildman–Crippen LogP) is 3.20. The molecule has 24 heavy (non-hydrogen) atoms. The zero-order valence-electron chi connectivity index (χ0n) is 12.9. The molecule has 1 fully saturated rings. The molecule has 1 aromatic heterocycles. The first-order valence-electron chi connectivity index (χ1n) is 8.08. The van der Waals surface area contributed by atoms with Gasteiger partial charge in [0.05, 0.1) is 11.4 Å². The van der Waals surface area contributed by atoms with Gasteiger partial charge in [0.15, 0.2) is 10.0 Å². The Kier molecular flexibility index (Phi) is 3.06. The highest BCUT2D eigenvalue weighted by molar-refractivity contribution is 8.02. The van der Waals surface area contributed by atoms with Crippen LogP contribution >= 0.6 is 23.1 Å². The Labute approximate surface area is 147 Å². The summed E-state index contributed by atoms with van der Waals surface area (Å²) in [6.45, 7) is 0. The molecule has 2 amide bonds. The van der Waals surface area contributed by atoms with Crippen LogP contribution in [0.25, 0.3) is 0 Å². The minimum atomic E-state index is -0.864. The Bertz CT molecular complexity index is 857. The van der Waals surface area contributed by atoms with Crippen LogP contribution in [0.5, 0.6) is 0 Å². The average molecular weight is 357 g/mol. The molecule has 5 rings (SSSR count). The van der Waals surface area contributed by atoms with Crippen LogP contribution < -0.4 is 10.2 Å². The van der Waals surface area contributed by atoms with E-state index in [1.165, 1.54) is 16.6 Å². The van der Waals surface area contributed by atoms with Crippen LogP contribution in [-0.2, 0) is 22.4 Å². The zero-order chi connectivity index (χ0) is 16.3. The average Bonchev–Trinajstić information content (AvgIpc) is 3.27. The van der Waals surface area contributed by atoms with E-state index in [2.05, 4.69) is 10.3 Å². The maximum Gasteiger partial charge on any atom is 0.263 e. The molecular weight excluding hydrogens is 342 g/mol. The first-order valence-corrected chi connectivity index (χ1v) is 9.72. The third kappa shape index (κ3) is 1.91. The molecular formula is C17H15N3O2S2. The van der Waals surface area contributed by atoms with Crippen LogP contribution in [0, 0.1) is 0 Å². The van der Waals surface area contributed by atoms with E-state index >= 15 is 0 Å². The number of hydrogen-bond donors (Lipinski definition) is 1. The molecule has 0 saturated carbocycles. The van der Waals surface area contributed by atoms with Crippen molar-refractivity contribution in [3.63, 3.8) is 0 Å². The molecule has 2 aromatic rings. The first kappa shape index (κ1) is 14.5. The van der Waals surface area contributed by atoms with E-state index in [0.717, 1.165) is 35.5 Å². The second-order valence-corrected chi connectivity index (χ2v) is 8.68. The van der Waals surface area contributed by atoms with Gasteiger partial charge in [-0.25, -0.2) is 4.98 Å². The van der Waals surface area contributed by atoms with Crippen molar-refractivity contribution < 1.29 is 9.59 Å².